The molecule has 0 aliphatic heterocycles. The Labute approximate surface area is 132 Å². The Morgan fingerprint density at radius 2 is 2.14 bits per heavy atom. The standard InChI is InChI=1S/C16H16BrN3O/c1-3-9-20-16(21)15(17)14(11-18-20)19-12(2)10-13-7-5-4-6-8-13/h1,4-8,11-12,19H,9-10H2,2H3. The zero-order chi connectivity index (χ0) is 15.2. The number of hydrogen-bond donors (Lipinski definition) is 1. The van der Waals surface area contributed by atoms with Crippen LogP contribution in [-0.4, -0.2) is 15.8 Å². The van der Waals surface area contributed by atoms with Gasteiger partial charge in [0.05, 0.1) is 11.9 Å². The fraction of sp³-hybridized carbons (Fsp3) is 0.250. The van der Waals surface area contributed by atoms with Crippen LogP contribution in [-0.2, 0) is 13.0 Å². The summed E-state index contributed by atoms with van der Waals surface area (Å²) in [5, 5.41) is 7.35. The van der Waals surface area contributed by atoms with Gasteiger partial charge in [-0.1, -0.05) is 36.3 Å². The summed E-state index contributed by atoms with van der Waals surface area (Å²) in [4.78, 5) is 12.0. The molecule has 0 radical (unpaired) electrons. The van der Waals surface area contributed by atoms with Crippen LogP contribution in [0.5, 0.6) is 0 Å². The number of nitrogens with one attached hydrogen (secondary N) is 1. The third kappa shape index (κ3) is 3.96. The van der Waals surface area contributed by atoms with Gasteiger partial charge in [0.1, 0.15) is 11.0 Å². The predicted octanol–water partition coefficient (Wildman–Crippen LogP) is 2.68. The van der Waals surface area contributed by atoms with E-state index >= 15 is 0 Å². The average Bonchev–Trinajstić information content (AvgIpc) is 2.48. The molecule has 1 aromatic carbocycles. The molecule has 2 aromatic rings. The highest BCUT2D eigenvalue weighted by Crippen LogP contribution is 2.18. The molecule has 0 spiro atoms. The number of rotatable bonds is 5. The van der Waals surface area contributed by atoms with Gasteiger partial charge in [-0.15, -0.1) is 6.42 Å². The normalized spacial score (nSPS) is 11.7. The molecule has 0 aliphatic carbocycles. The van der Waals surface area contributed by atoms with E-state index in [0.717, 1.165) is 6.42 Å². The van der Waals surface area contributed by atoms with E-state index in [2.05, 4.69) is 51.3 Å². The van der Waals surface area contributed by atoms with E-state index in [-0.39, 0.29) is 18.1 Å². The molecule has 0 bridgehead atoms. The van der Waals surface area contributed by atoms with Crippen molar-refractivity contribution >= 4 is 21.6 Å². The molecule has 4 nitrogen and oxygen atoms in total. The molecule has 21 heavy (non-hydrogen) atoms. The summed E-state index contributed by atoms with van der Waals surface area (Å²) in [6.07, 6.45) is 7.68. The van der Waals surface area contributed by atoms with Crippen LogP contribution < -0.4 is 10.9 Å². The van der Waals surface area contributed by atoms with Crippen molar-refractivity contribution in [2.45, 2.75) is 25.9 Å². The van der Waals surface area contributed by atoms with Crippen molar-refractivity contribution in [1.29, 1.82) is 0 Å². The number of terminal acetylenes is 1. The van der Waals surface area contributed by atoms with Gasteiger partial charge in [-0.3, -0.25) is 4.79 Å². The molecule has 0 fully saturated rings. The maximum atomic E-state index is 12.0. The molecule has 0 amide bonds. The summed E-state index contributed by atoms with van der Waals surface area (Å²) >= 11 is 3.31. The first-order chi connectivity index (χ1) is 10.1. The Morgan fingerprint density at radius 3 is 2.81 bits per heavy atom. The minimum Gasteiger partial charge on any atom is -0.380 e. The molecule has 2 rings (SSSR count). The first-order valence-corrected chi connectivity index (χ1v) is 7.40. The number of halogens is 1. The quantitative estimate of drug-likeness (QED) is 0.847. The van der Waals surface area contributed by atoms with Gasteiger partial charge in [0.25, 0.3) is 5.56 Å². The summed E-state index contributed by atoms with van der Waals surface area (Å²) in [6, 6.07) is 10.4. The largest absolute Gasteiger partial charge is 0.380 e. The van der Waals surface area contributed by atoms with Gasteiger partial charge in [0.15, 0.2) is 0 Å². The minimum atomic E-state index is -0.232. The van der Waals surface area contributed by atoms with Crippen molar-refractivity contribution in [2.75, 3.05) is 5.32 Å². The first kappa shape index (κ1) is 15.3. The van der Waals surface area contributed by atoms with Gasteiger partial charge < -0.3 is 5.32 Å². The Morgan fingerprint density at radius 1 is 1.43 bits per heavy atom. The van der Waals surface area contributed by atoms with Gasteiger partial charge in [0, 0.05) is 6.04 Å². The van der Waals surface area contributed by atoms with E-state index in [4.69, 9.17) is 6.42 Å². The van der Waals surface area contributed by atoms with Crippen LogP contribution in [0.4, 0.5) is 5.69 Å². The number of nitrogens with zero attached hydrogens (tertiary/aromatic N) is 2. The lowest BCUT2D eigenvalue weighted by Crippen LogP contribution is -2.26. The molecular weight excluding hydrogens is 330 g/mol. The second-order valence-corrected chi connectivity index (χ2v) is 5.57. The zero-order valence-corrected chi connectivity index (χ0v) is 13.3. The summed E-state index contributed by atoms with van der Waals surface area (Å²) < 4.78 is 1.70. The third-order valence-electron chi connectivity index (χ3n) is 3.01. The third-order valence-corrected chi connectivity index (χ3v) is 3.78. The molecule has 1 aromatic heterocycles. The summed E-state index contributed by atoms with van der Waals surface area (Å²) in [5.41, 5.74) is 1.68. The Balaban J connectivity index is 2.11. The lowest BCUT2D eigenvalue weighted by Gasteiger charge is -2.16. The molecule has 108 valence electrons. The van der Waals surface area contributed by atoms with Crippen molar-refractivity contribution in [3.8, 4) is 12.3 Å². The summed E-state index contributed by atoms with van der Waals surface area (Å²) in [6.45, 7) is 2.23. The van der Waals surface area contributed by atoms with E-state index in [9.17, 15) is 4.79 Å². The highest BCUT2D eigenvalue weighted by atomic mass is 79.9. The molecule has 0 aliphatic rings. The van der Waals surface area contributed by atoms with Crippen LogP contribution in [0.2, 0.25) is 0 Å². The smallest absolute Gasteiger partial charge is 0.284 e. The van der Waals surface area contributed by atoms with Crippen molar-refractivity contribution in [2.24, 2.45) is 0 Å². The fourth-order valence-corrected chi connectivity index (χ4v) is 2.47. The number of aromatic nitrogens is 2. The monoisotopic (exact) mass is 345 g/mol. The van der Waals surface area contributed by atoms with E-state index in [1.807, 2.05) is 18.2 Å². The van der Waals surface area contributed by atoms with E-state index in [0.29, 0.717) is 10.2 Å². The highest BCUT2D eigenvalue weighted by molar-refractivity contribution is 9.10. The summed E-state index contributed by atoms with van der Waals surface area (Å²) in [7, 11) is 0. The van der Waals surface area contributed by atoms with Crippen LogP contribution in [0.25, 0.3) is 0 Å². The van der Waals surface area contributed by atoms with Gasteiger partial charge in [0.2, 0.25) is 0 Å². The molecule has 1 atom stereocenters. The Kier molecular flexibility index (Phi) is 5.18. The fourth-order valence-electron chi connectivity index (χ4n) is 2.05. The zero-order valence-electron chi connectivity index (χ0n) is 11.7. The van der Waals surface area contributed by atoms with Crippen LogP contribution >= 0.6 is 15.9 Å². The maximum absolute atomic E-state index is 12.0. The van der Waals surface area contributed by atoms with Crippen LogP contribution in [0.1, 0.15) is 12.5 Å². The van der Waals surface area contributed by atoms with Crippen LogP contribution in [0, 0.1) is 12.3 Å². The molecule has 5 heteroatoms. The van der Waals surface area contributed by atoms with Gasteiger partial charge in [-0.05, 0) is 34.8 Å². The van der Waals surface area contributed by atoms with Crippen molar-refractivity contribution in [1.82, 2.24) is 9.78 Å². The van der Waals surface area contributed by atoms with Gasteiger partial charge >= 0.3 is 0 Å². The second-order valence-electron chi connectivity index (χ2n) is 4.77. The van der Waals surface area contributed by atoms with Gasteiger partial charge in [-0.2, -0.15) is 5.10 Å². The number of hydrogen-bond acceptors (Lipinski definition) is 3. The Bertz CT molecular complexity index is 704. The topological polar surface area (TPSA) is 46.9 Å². The van der Waals surface area contributed by atoms with Gasteiger partial charge in [-0.25, -0.2) is 4.68 Å². The number of benzene rings is 1. The van der Waals surface area contributed by atoms with Crippen LogP contribution in [0.15, 0.2) is 45.8 Å². The minimum absolute atomic E-state index is 0.164. The SMILES string of the molecule is C#CCn1ncc(NC(C)Cc2ccccc2)c(Br)c1=O. The summed E-state index contributed by atoms with van der Waals surface area (Å²) in [5.74, 6) is 2.40. The Hall–Kier alpha value is -2.06. The lowest BCUT2D eigenvalue weighted by molar-refractivity contribution is 0.657. The van der Waals surface area contributed by atoms with Crippen LogP contribution in [0.3, 0.4) is 0 Å². The van der Waals surface area contributed by atoms with E-state index < -0.39 is 0 Å². The second kappa shape index (κ2) is 7.09. The first-order valence-electron chi connectivity index (χ1n) is 6.61. The lowest BCUT2D eigenvalue weighted by atomic mass is 10.1. The molecule has 0 saturated carbocycles. The van der Waals surface area contributed by atoms with E-state index in [1.54, 1.807) is 6.20 Å². The van der Waals surface area contributed by atoms with E-state index in [1.165, 1.54) is 10.2 Å². The highest BCUT2D eigenvalue weighted by Gasteiger charge is 2.11. The molecular formula is C16H16BrN3O. The number of anilines is 1. The van der Waals surface area contributed by atoms with Crippen molar-refractivity contribution < 1.29 is 0 Å². The van der Waals surface area contributed by atoms with Crippen molar-refractivity contribution in [3.63, 3.8) is 0 Å². The molecule has 1 unspecified atom stereocenters. The maximum Gasteiger partial charge on any atom is 0.284 e. The molecule has 1 N–H and O–H groups in total. The van der Waals surface area contributed by atoms with Crippen molar-refractivity contribution in [3.05, 3.63) is 56.9 Å². The predicted molar refractivity (Wildman–Crippen MR) is 88.3 cm³/mol. The average molecular weight is 346 g/mol. The molecule has 1 heterocycles. The molecule has 0 saturated heterocycles.